The van der Waals surface area contributed by atoms with Crippen LogP contribution in [0.2, 0.25) is 0 Å². The monoisotopic (exact) mass is 279 g/mol. The number of ketones is 2. The summed E-state index contributed by atoms with van der Waals surface area (Å²) >= 11 is 0. The number of Topliss-reactive ketones (excluding diaryl/α,β-unsaturated/α-hetero) is 2. The number of hydrogen-bond acceptors (Lipinski definition) is 5. The van der Waals surface area contributed by atoms with Crippen LogP contribution in [-0.4, -0.2) is 24.8 Å². The van der Waals surface area contributed by atoms with Gasteiger partial charge in [-0.1, -0.05) is 0 Å². The zero-order valence-electron chi connectivity index (χ0n) is 11.5. The fraction of sp³-hybridized carbons (Fsp3) is 0.500. The van der Waals surface area contributed by atoms with E-state index < -0.39 is 17.6 Å². The lowest BCUT2D eigenvalue weighted by Crippen LogP contribution is -2.47. The summed E-state index contributed by atoms with van der Waals surface area (Å²) in [6.07, 6.45) is 2.09. The molecule has 1 aliphatic rings. The van der Waals surface area contributed by atoms with Crippen LogP contribution in [0.15, 0.2) is 22.8 Å². The second-order valence-electron chi connectivity index (χ2n) is 4.89. The largest absolute Gasteiger partial charge is 0.467 e. The van der Waals surface area contributed by atoms with Crippen molar-refractivity contribution in [1.82, 2.24) is 5.32 Å². The van der Waals surface area contributed by atoms with Crippen molar-refractivity contribution in [2.75, 3.05) is 7.11 Å². The van der Waals surface area contributed by atoms with E-state index >= 15 is 0 Å². The third-order valence-corrected chi connectivity index (χ3v) is 3.87. The number of carbonyl (C=O) groups is 3. The number of hydrogen-bond donors (Lipinski definition) is 1. The van der Waals surface area contributed by atoms with Gasteiger partial charge in [0.15, 0.2) is 0 Å². The first-order valence-electron chi connectivity index (χ1n) is 6.44. The van der Waals surface area contributed by atoms with Crippen LogP contribution in [0.4, 0.5) is 4.79 Å². The van der Waals surface area contributed by atoms with E-state index in [9.17, 15) is 14.4 Å². The molecule has 2 atom stereocenters. The molecule has 0 saturated heterocycles. The van der Waals surface area contributed by atoms with Crippen molar-refractivity contribution < 1.29 is 23.5 Å². The summed E-state index contributed by atoms with van der Waals surface area (Å²) in [6, 6.07) is 2.45. The van der Waals surface area contributed by atoms with Gasteiger partial charge in [-0.15, -0.1) is 0 Å². The molecule has 1 aromatic rings. The molecular weight excluding hydrogens is 262 g/mol. The highest BCUT2D eigenvalue weighted by Gasteiger charge is 2.54. The Morgan fingerprint density at radius 1 is 1.50 bits per heavy atom. The summed E-state index contributed by atoms with van der Waals surface area (Å²) in [5, 5.41) is 2.57. The van der Waals surface area contributed by atoms with Gasteiger partial charge < -0.3 is 14.5 Å². The highest BCUT2D eigenvalue weighted by molar-refractivity contribution is 6.08. The van der Waals surface area contributed by atoms with Gasteiger partial charge >= 0.3 is 6.09 Å². The normalized spacial score (nSPS) is 23.4. The van der Waals surface area contributed by atoms with Gasteiger partial charge in [-0.2, -0.15) is 0 Å². The predicted molar refractivity (Wildman–Crippen MR) is 69.0 cm³/mol. The topological polar surface area (TPSA) is 85.6 Å². The zero-order chi connectivity index (χ0) is 14.8. The Labute approximate surface area is 116 Å². The van der Waals surface area contributed by atoms with Crippen molar-refractivity contribution in [2.24, 2.45) is 5.41 Å². The molecule has 20 heavy (non-hydrogen) atoms. The van der Waals surface area contributed by atoms with Gasteiger partial charge in [0.05, 0.1) is 13.4 Å². The summed E-state index contributed by atoms with van der Waals surface area (Å²) in [4.78, 5) is 36.0. The highest BCUT2D eigenvalue weighted by Crippen LogP contribution is 2.46. The van der Waals surface area contributed by atoms with E-state index in [4.69, 9.17) is 4.42 Å². The molecule has 108 valence electrons. The summed E-state index contributed by atoms with van der Waals surface area (Å²) in [5.74, 6) is -0.0542. The summed E-state index contributed by atoms with van der Waals surface area (Å²) < 4.78 is 9.89. The molecular formula is C14H17NO5. The Bertz CT molecular complexity index is 522. The lowest BCUT2D eigenvalue weighted by atomic mass is 9.73. The van der Waals surface area contributed by atoms with E-state index in [1.54, 1.807) is 12.1 Å². The second-order valence-corrected chi connectivity index (χ2v) is 4.89. The average molecular weight is 279 g/mol. The quantitative estimate of drug-likeness (QED) is 0.852. The van der Waals surface area contributed by atoms with E-state index in [1.165, 1.54) is 20.3 Å². The fourth-order valence-electron chi connectivity index (χ4n) is 2.84. The SMILES string of the molecule is COC(=O)N[C@H](c1ccco1)[C@]1(C(C)=O)CCCC1=O. The summed E-state index contributed by atoms with van der Waals surface area (Å²) in [7, 11) is 1.23. The first-order chi connectivity index (χ1) is 9.52. The van der Waals surface area contributed by atoms with Crippen LogP contribution < -0.4 is 5.32 Å². The minimum Gasteiger partial charge on any atom is -0.467 e. The van der Waals surface area contributed by atoms with Crippen LogP contribution in [-0.2, 0) is 14.3 Å². The van der Waals surface area contributed by atoms with Crippen molar-refractivity contribution in [1.29, 1.82) is 0 Å². The van der Waals surface area contributed by atoms with Crippen LogP contribution in [0.25, 0.3) is 0 Å². The lowest BCUT2D eigenvalue weighted by molar-refractivity contribution is -0.139. The molecule has 0 aromatic carbocycles. The fourth-order valence-corrected chi connectivity index (χ4v) is 2.84. The molecule has 1 heterocycles. The predicted octanol–water partition coefficient (Wildman–Crippen LogP) is 2.01. The minimum atomic E-state index is -1.26. The van der Waals surface area contributed by atoms with Gasteiger partial charge in [0.1, 0.15) is 28.8 Å². The zero-order valence-corrected chi connectivity index (χ0v) is 11.5. The Hall–Kier alpha value is -2.11. The number of furan rings is 1. The molecule has 0 aliphatic heterocycles. The molecule has 1 N–H and O–H groups in total. The summed E-state index contributed by atoms with van der Waals surface area (Å²) in [5.41, 5.74) is -1.26. The van der Waals surface area contributed by atoms with Crippen molar-refractivity contribution in [3.63, 3.8) is 0 Å². The Balaban J connectivity index is 2.46. The molecule has 1 aliphatic carbocycles. The van der Waals surface area contributed by atoms with Gasteiger partial charge in [-0.3, -0.25) is 9.59 Å². The smallest absolute Gasteiger partial charge is 0.407 e. The number of nitrogens with one attached hydrogen (secondary N) is 1. The van der Waals surface area contributed by atoms with E-state index in [0.29, 0.717) is 25.0 Å². The number of alkyl carbamates (subject to hydrolysis) is 1. The highest BCUT2D eigenvalue weighted by atomic mass is 16.5. The Kier molecular flexibility index (Phi) is 3.92. The molecule has 0 unspecified atom stereocenters. The van der Waals surface area contributed by atoms with Gasteiger partial charge in [0.2, 0.25) is 0 Å². The first kappa shape index (κ1) is 14.3. The van der Waals surface area contributed by atoms with Crippen LogP contribution in [0, 0.1) is 5.41 Å². The van der Waals surface area contributed by atoms with E-state index in [-0.39, 0.29) is 11.6 Å². The second kappa shape index (κ2) is 5.48. The van der Waals surface area contributed by atoms with Gasteiger partial charge in [-0.05, 0) is 31.9 Å². The van der Waals surface area contributed by atoms with Crippen molar-refractivity contribution in [2.45, 2.75) is 32.2 Å². The third-order valence-electron chi connectivity index (χ3n) is 3.87. The molecule has 1 amide bonds. The van der Waals surface area contributed by atoms with E-state index in [0.717, 1.165) is 0 Å². The van der Waals surface area contributed by atoms with Crippen LogP contribution in [0.1, 0.15) is 38.0 Å². The molecule has 0 radical (unpaired) electrons. The average Bonchev–Trinajstić information content (AvgIpc) is 3.05. The maximum atomic E-state index is 12.3. The molecule has 0 bridgehead atoms. The molecule has 1 aromatic heterocycles. The number of amides is 1. The van der Waals surface area contributed by atoms with E-state index in [2.05, 4.69) is 10.1 Å². The third kappa shape index (κ3) is 2.21. The first-order valence-corrected chi connectivity index (χ1v) is 6.44. The molecule has 0 spiro atoms. The minimum absolute atomic E-state index is 0.164. The standard InChI is InChI=1S/C14H17NO5/c1-9(16)14(7-3-6-11(14)17)12(15-13(18)19-2)10-5-4-8-20-10/h4-5,8,12H,3,6-7H2,1-2H3,(H,15,18)/t12-,14+/m1/s1. The number of methoxy groups -OCH3 is 1. The molecule has 2 rings (SSSR count). The van der Waals surface area contributed by atoms with Crippen LogP contribution in [0.5, 0.6) is 0 Å². The lowest BCUT2D eigenvalue weighted by Gasteiger charge is -2.32. The van der Waals surface area contributed by atoms with E-state index in [1.807, 2.05) is 0 Å². The molecule has 1 fully saturated rings. The Morgan fingerprint density at radius 2 is 2.25 bits per heavy atom. The van der Waals surface area contributed by atoms with Gasteiger partial charge in [0.25, 0.3) is 0 Å². The van der Waals surface area contributed by atoms with Crippen molar-refractivity contribution >= 4 is 17.7 Å². The number of rotatable bonds is 4. The van der Waals surface area contributed by atoms with Gasteiger partial charge in [0, 0.05) is 6.42 Å². The summed E-state index contributed by atoms with van der Waals surface area (Å²) in [6.45, 7) is 1.37. The molecule has 6 nitrogen and oxygen atoms in total. The van der Waals surface area contributed by atoms with Crippen LogP contribution in [0.3, 0.4) is 0 Å². The number of carbonyl (C=O) groups excluding carboxylic acids is 3. The number of ether oxygens (including phenoxy) is 1. The molecule has 1 saturated carbocycles. The molecule has 6 heteroatoms. The maximum absolute atomic E-state index is 12.3. The van der Waals surface area contributed by atoms with Crippen molar-refractivity contribution in [3.05, 3.63) is 24.2 Å². The van der Waals surface area contributed by atoms with Crippen LogP contribution >= 0.6 is 0 Å². The van der Waals surface area contributed by atoms with Gasteiger partial charge in [-0.25, -0.2) is 4.79 Å². The van der Waals surface area contributed by atoms with Crippen molar-refractivity contribution in [3.8, 4) is 0 Å². The Morgan fingerprint density at radius 3 is 2.70 bits per heavy atom. The maximum Gasteiger partial charge on any atom is 0.407 e.